The molecule has 2 heterocycles. The topological polar surface area (TPSA) is 90.2 Å². The van der Waals surface area contributed by atoms with Crippen LogP contribution in [-0.2, 0) is 17.9 Å². The summed E-state index contributed by atoms with van der Waals surface area (Å²) in [5, 5.41) is 4.12. The molecule has 1 aliphatic heterocycles. The number of hydrogen-bond acceptors (Lipinski definition) is 8. The molecule has 186 valence electrons. The molecule has 2 aromatic carbocycles. The van der Waals surface area contributed by atoms with Gasteiger partial charge in [-0.25, -0.2) is 0 Å². The highest BCUT2D eigenvalue weighted by Gasteiger charge is 2.28. The summed E-state index contributed by atoms with van der Waals surface area (Å²) in [5.74, 6) is 3.29. The molecule has 0 bridgehead atoms. The van der Waals surface area contributed by atoms with Gasteiger partial charge in [-0.1, -0.05) is 23.4 Å². The fourth-order valence-electron chi connectivity index (χ4n) is 4.42. The highest BCUT2D eigenvalue weighted by atomic mass is 16.5. The van der Waals surface area contributed by atoms with Crippen LogP contribution >= 0.6 is 0 Å². The van der Waals surface area contributed by atoms with Crippen LogP contribution in [0.1, 0.15) is 24.3 Å². The van der Waals surface area contributed by atoms with Crippen molar-refractivity contribution < 1.29 is 23.5 Å². The molecular formula is C26H32N4O5. The number of para-hydroxylation sites is 1. The third kappa shape index (κ3) is 5.74. The van der Waals surface area contributed by atoms with Gasteiger partial charge in [0.05, 0.1) is 27.9 Å². The Balaban J connectivity index is 1.30. The van der Waals surface area contributed by atoms with E-state index in [1.165, 1.54) is 0 Å². The second-order valence-electron chi connectivity index (χ2n) is 8.64. The molecule has 1 fully saturated rings. The van der Waals surface area contributed by atoms with Crippen LogP contribution in [0.4, 0.5) is 0 Å². The van der Waals surface area contributed by atoms with E-state index in [2.05, 4.69) is 15.0 Å². The van der Waals surface area contributed by atoms with Gasteiger partial charge < -0.3 is 23.6 Å². The maximum absolute atomic E-state index is 13.0. The van der Waals surface area contributed by atoms with Crippen molar-refractivity contribution in [1.29, 1.82) is 0 Å². The van der Waals surface area contributed by atoms with Crippen LogP contribution in [0.25, 0.3) is 11.4 Å². The van der Waals surface area contributed by atoms with E-state index in [4.69, 9.17) is 18.7 Å². The molecular weight excluding hydrogens is 448 g/mol. The molecule has 1 amide bonds. The lowest BCUT2D eigenvalue weighted by molar-refractivity contribution is -0.136. The number of carbonyl (C=O) groups excluding carboxylic acids is 1. The Hall–Kier alpha value is -3.59. The number of ether oxygens (including phenoxy) is 3. The zero-order valence-corrected chi connectivity index (χ0v) is 20.7. The van der Waals surface area contributed by atoms with Crippen LogP contribution in [0.5, 0.6) is 17.2 Å². The van der Waals surface area contributed by atoms with Crippen LogP contribution in [0, 0.1) is 5.92 Å². The van der Waals surface area contributed by atoms with E-state index in [9.17, 15) is 4.79 Å². The van der Waals surface area contributed by atoms with Gasteiger partial charge in [-0.15, -0.1) is 0 Å². The number of hydrogen-bond donors (Lipinski definition) is 0. The number of rotatable bonds is 9. The third-order valence-corrected chi connectivity index (χ3v) is 6.38. The summed E-state index contributed by atoms with van der Waals surface area (Å²) in [6, 6.07) is 13.3. The van der Waals surface area contributed by atoms with Crippen LogP contribution < -0.4 is 14.2 Å². The minimum absolute atomic E-state index is 0.0102. The number of nitrogens with zero attached hydrogens (tertiary/aromatic N) is 4. The Morgan fingerprint density at radius 2 is 1.74 bits per heavy atom. The van der Waals surface area contributed by atoms with Gasteiger partial charge in [0, 0.05) is 30.6 Å². The molecule has 0 spiro atoms. The van der Waals surface area contributed by atoms with Crippen LogP contribution in [0.2, 0.25) is 0 Å². The van der Waals surface area contributed by atoms with Crippen LogP contribution in [-0.4, -0.2) is 67.3 Å². The van der Waals surface area contributed by atoms with E-state index in [-0.39, 0.29) is 11.8 Å². The van der Waals surface area contributed by atoms with Crippen molar-refractivity contribution in [3.8, 4) is 28.6 Å². The number of carbonyl (C=O) groups is 1. The lowest BCUT2D eigenvalue weighted by Crippen LogP contribution is -2.40. The van der Waals surface area contributed by atoms with E-state index < -0.39 is 0 Å². The van der Waals surface area contributed by atoms with Crippen molar-refractivity contribution in [2.24, 2.45) is 5.92 Å². The van der Waals surface area contributed by atoms with E-state index in [1.807, 2.05) is 49.5 Å². The molecule has 1 aromatic heterocycles. The number of piperidine rings is 1. The van der Waals surface area contributed by atoms with Crippen molar-refractivity contribution in [2.75, 3.05) is 41.5 Å². The standard InChI is InChI=1S/C26H32N4O5/c1-29(16-20-7-5-6-8-21(20)32-2)26(31)18-11-13-30(14-12-18)17-24-27-25(28-35-24)19-9-10-22(33-3)23(15-19)34-4/h5-10,15,18H,11-14,16-17H2,1-4H3. The van der Waals surface area contributed by atoms with E-state index in [1.54, 1.807) is 26.2 Å². The molecule has 0 aliphatic carbocycles. The fourth-order valence-corrected chi connectivity index (χ4v) is 4.42. The summed E-state index contributed by atoms with van der Waals surface area (Å²) in [7, 11) is 6.69. The largest absolute Gasteiger partial charge is 0.496 e. The Morgan fingerprint density at radius 1 is 1.03 bits per heavy atom. The molecule has 0 N–H and O–H groups in total. The van der Waals surface area contributed by atoms with Crippen molar-refractivity contribution in [3.05, 3.63) is 53.9 Å². The van der Waals surface area contributed by atoms with E-state index in [0.717, 1.165) is 42.8 Å². The van der Waals surface area contributed by atoms with Gasteiger partial charge in [0.1, 0.15) is 5.75 Å². The first-order valence-corrected chi connectivity index (χ1v) is 11.7. The summed E-state index contributed by atoms with van der Waals surface area (Å²) >= 11 is 0. The van der Waals surface area contributed by atoms with Crippen molar-refractivity contribution in [1.82, 2.24) is 19.9 Å². The molecule has 3 aromatic rings. The predicted molar refractivity (Wildman–Crippen MR) is 130 cm³/mol. The summed E-state index contributed by atoms with van der Waals surface area (Å²) in [4.78, 5) is 21.6. The molecule has 35 heavy (non-hydrogen) atoms. The second kappa shape index (κ2) is 11.2. The first-order valence-electron chi connectivity index (χ1n) is 11.7. The van der Waals surface area contributed by atoms with Crippen LogP contribution in [0.3, 0.4) is 0 Å². The molecule has 1 saturated heterocycles. The third-order valence-electron chi connectivity index (χ3n) is 6.38. The minimum Gasteiger partial charge on any atom is -0.496 e. The van der Waals surface area contributed by atoms with Crippen molar-refractivity contribution in [2.45, 2.75) is 25.9 Å². The number of methoxy groups -OCH3 is 3. The van der Waals surface area contributed by atoms with Gasteiger partial charge in [-0.2, -0.15) is 4.98 Å². The SMILES string of the molecule is COc1ccccc1CN(C)C(=O)C1CCN(Cc2nc(-c3ccc(OC)c(OC)c3)no2)CC1. The second-order valence-corrected chi connectivity index (χ2v) is 8.64. The number of likely N-dealkylation sites (tertiary alicyclic amines) is 1. The highest BCUT2D eigenvalue weighted by Crippen LogP contribution is 2.31. The molecule has 1 aliphatic rings. The smallest absolute Gasteiger partial charge is 0.241 e. The van der Waals surface area contributed by atoms with Gasteiger partial charge in [-0.3, -0.25) is 9.69 Å². The number of aromatic nitrogens is 2. The highest BCUT2D eigenvalue weighted by molar-refractivity contribution is 5.78. The first-order chi connectivity index (χ1) is 17.0. The first kappa shape index (κ1) is 24.5. The molecule has 0 atom stereocenters. The Morgan fingerprint density at radius 3 is 2.46 bits per heavy atom. The molecule has 0 saturated carbocycles. The van der Waals surface area contributed by atoms with Crippen molar-refractivity contribution >= 4 is 5.91 Å². The molecule has 0 unspecified atom stereocenters. The number of amides is 1. The molecule has 4 rings (SSSR count). The summed E-state index contributed by atoms with van der Waals surface area (Å²) < 4.78 is 21.6. The molecule has 0 radical (unpaired) electrons. The van der Waals surface area contributed by atoms with Gasteiger partial charge in [0.15, 0.2) is 11.5 Å². The van der Waals surface area contributed by atoms with Gasteiger partial charge >= 0.3 is 0 Å². The predicted octanol–water partition coefficient (Wildman–Crippen LogP) is 3.63. The van der Waals surface area contributed by atoms with Gasteiger partial charge in [0.2, 0.25) is 17.6 Å². The lowest BCUT2D eigenvalue weighted by Gasteiger charge is -2.32. The summed E-state index contributed by atoms with van der Waals surface area (Å²) in [5.41, 5.74) is 1.80. The Bertz CT molecular complexity index is 1140. The Kier molecular flexibility index (Phi) is 7.87. The zero-order chi connectivity index (χ0) is 24.8. The number of benzene rings is 2. The summed E-state index contributed by atoms with van der Waals surface area (Å²) in [6.45, 7) is 2.68. The monoisotopic (exact) mass is 480 g/mol. The van der Waals surface area contributed by atoms with Gasteiger partial charge in [-0.05, 0) is 50.2 Å². The Labute approximate surface area is 205 Å². The van der Waals surface area contributed by atoms with E-state index >= 15 is 0 Å². The summed E-state index contributed by atoms with van der Waals surface area (Å²) in [6.07, 6.45) is 1.59. The maximum Gasteiger partial charge on any atom is 0.241 e. The molecule has 9 nitrogen and oxygen atoms in total. The lowest BCUT2D eigenvalue weighted by atomic mass is 9.95. The fraction of sp³-hybridized carbons (Fsp3) is 0.423. The zero-order valence-electron chi connectivity index (χ0n) is 20.7. The van der Waals surface area contributed by atoms with Crippen molar-refractivity contribution in [3.63, 3.8) is 0 Å². The quantitative estimate of drug-likeness (QED) is 0.459. The van der Waals surface area contributed by atoms with Crippen LogP contribution in [0.15, 0.2) is 47.0 Å². The van der Waals surface area contributed by atoms with Gasteiger partial charge in [0.25, 0.3) is 0 Å². The minimum atomic E-state index is 0.0102. The molecule has 9 heteroatoms. The van der Waals surface area contributed by atoms with E-state index in [0.29, 0.717) is 36.3 Å². The maximum atomic E-state index is 13.0. The average Bonchev–Trinajstić information content (AvgIpc) is 3.37. The average molecular weight is 481 g/mol. The normalized spacial score (nSPS) is 14.5.